The fourth-order valence-electron chi connectivity index (χ4n) is 3.21. The van der Waals surface area contributed by atoms with Crippen molar-refractivity contribution in [2.45, 2.75) is 9.10 Å². The molecule has 0 saturated heterocycles. The molecule has 0 fully saturated rings. The van der Waals surface area contributed by atoms with Crippen molar-refractivity contribution in [3.8, 4) is 0 Å². The number of nitrogens with one attached hydrogen (secondary N) is 2. The van der Waals surface area contributed by atoms with Crippen LogP contribution in [0.2, 0.25) is 0 Å². The van der Waals surface area contributed by atoms with Crippen molar-refractivity contribution in [2.75, 3.05) is 28.4 Å². The van der Waals surface area contributed by atoms with Gasteiger partial charge in [0, 0.05) is 26.8 Å². The van der Waals surface area contributed by atoms with E-state index in [0.717, 1.165) is 17.2 Å². The monoisotopic (exact) mass is 522 g/mol. The first-order valence-electron chi connectivity index (χ1n) is 9.61. The predicted octanol–water partition coefficient (Wildman–Crippen LogP) is 3.63. The van der Waals surface area contributed by atoms with E-state index in [1.165, 1.54) is 23.5 Å². The lowest BCUT2D eigenvalue weighted by molar-refractivity contribution is 0.601. The maximum absolute atomic E-state index is 13.2. The molecule has 0 bridgehead atoms. The van der Waals surface area contributed by atoms with Crippen LogP contribution in [-0.2, 0) is 26.8 Å². The third-order valence-corrected chi connectivity index (χ3v) is 10.2. The standard InChI is InChI=1S/C21H22N4O4S4/c1-24(2)14-7-9-17(18(12-14)22-32(4,27)20-6-5-11-30-20)23-33(28,29)15-8-10-19-16(13-15)21(26)31-25(19)3/h5-13,23H,4H2,1-3H3,(H,22,27). The number of aromatic nitrogens is 1. The molecule has 2 aromatic heterocycles. The number of rotatable bonds is 7. The second-order valence-electron chi connectivity index (χ2n) is 7.49. The van der Waals surface area contributed by atoms with Crippen LogP contribution in [0, 0.1) is 0 Å². The van der Waals surface area contributed by atoms with Crippen molar-refractivity contribution in [2.24, 2.45) is 7.05 Å². The molecule has 4 rings (SSSR count). The molecule has 2 heterocycles. The summed E-state index contributed by atoms with van der Waals surface area (Å²) in [6.45, 7) is 0. The molecule has 2 N–H and O–H groups in total. The fourth-order valence-corrected chi connectivity index (χ4v) is 7.37. The quantitative estimate of drug-likeness (QED) is 0.361. The van der Waals surface area contributed by atoms with Gasteiger partial charge in [0.25, 0.3) is 14.8 Å². The van der Waals surface area contributed by atoms with Crippen molar-refractivity contribution in [1.82, 2.24) is 3.96 Å². The molecule has 0 aliphatic rings. The second kappa shape index (κ2) is 8.52. The smallest absolute Gasteiger partial charge is 0.261 e. The van der Waals surface area contributed by atoms with Gasteiger partial charge in [0.1, 0.15) is 4.21 Å². The van der Waals surface area contributed by atoms with Crippen LogP contribution in [0.5, 0.6) is 0 Å². The normalized spacial score (nSPS) is 13.5. The van der Waals surface area contributed by atoms with E-state index in [0.29, 0.717) is 20.8 Å². The summed E-state index contributed by atoms with van der Waals surface area (Å²) in [7, 11) is -1.51. The van der Waals surface area contributed by atoms with Crippen LogP contribution < -0.4 is 19.1 Å². The molecule has 1 atom stereocenters. The summed E-state index contributed by atoms with van der Waals surface area (Å²) in [5.41, 5.74) is 1.98. The molecule has 8 nitrogen and oxygen atoms in total. The Morgan fingerprint density at radius 3 is 2.42 bits per heavy atom. The molecule has 2 aromatic carbocycles. The highest BCUT2D eigenvalue weighted by molar-refractivity contribution is 8.03. The average Bonchev–Trinajstić information content (AvgIpc) is 3.38. The number of anilines is 3. The number of fused-ring (bicyclic) bond motifs is 1. The Hall–Kier alpha value is -2.80. The van der Waals surface area contributed by atoms with Gasteiger partial charge in [-0.15, -0.1) is 11.3 Å². The van der Waals surface area contributed by atoms with Gasteiger partial charge in [0.15, 0.2) is 0 Å². The Labute approximate surface area is 200 Å². The average molecular weight is 523 g/mol. The van der Waals surface area contributed by atoms with Crippen LogP contribution in [0.1, 0.15) is 0 Å². The number of nitrogens with zero attached hydrogens (tertiary/aromatic N) is 2. The molecule has 1 unspecified atom stereocenters. The Balaban J connectivity index is 1.75. The number of thiophene rings is 1. The van der Waals surface area contributed by atoms with Gasteiger partial charge in [-0.25, -0.2) is 12.6 Å². The molecule has 12 heteroatoms. The second-order valence-corrected chi connectivity index (χ2v) is 13.5. The molecular formula is C21H22N4O4S4. The van der Waals surface area contributed by atoms with E-state index >= 15 is 0 Å². The van der Waals surface area contributed by atoms with Crippen LogP contribution in [0.25, 0.3) is 10.9 Å². The summed E-state index contributed by atoms with van der Waals surface area (Å²) in [6.07, 6.45) is 0. The predicted molar refractivity (Wildman–Crippen MR) is 140 cm³/mol. The zero-order valence-corrected chi connectivity index (χ0v) is 21.3. The number of sulfonamides is 1. The molecule has 0 radical (unpaired) electrons. The fraction of sp³-hybridized carbons (Fsp3) is 0.143. The summed E-state index contributed by atoms with van der Waals surface area (Å²) in [6, 6.07) is 13.0. The van der Waals surface area contributed by atoms with Gasteiger partial charge in [-0.2, -0.15) is 0 Å². The maximum atomic E-state index is 13.2. The molecule has 4 aromatic rings. The lowest BCUT2D eigenvalue weighted by Crippen LogP contribution is -2.18. The SMILES string of the molecule is C=S(=O)(Nc1cc(N(C)C)ccc1NS(=O)(=O)c1ccc2c(c1)c(=O)sn2C)c1cccs1. The molecule has 0 aliphatic heterocycles. The first-order chi connectivity index (χ1) is 15.5. The lowest BCUT2D eigenvalue weighted by atomic mass is 10.2. The van der Waals surface area contributed by atoms with Crippen molar-refractivity contribution in [3.05, 3.63) is 63.4 Å². The van der Waals surface area contributed by atoms with Crippen molar-refractivity contribution in [3.63, 3.8) is 0 Å². The summed E-state index contributed by atoms with van der Waals surface area (Å²) < 4.78 is 47.1. The van der Waals surface area contributed by atoms with Gasteiger partial charge in [-0.3, -0.25) is 13.5 Å². The zero-order valence-electron chi connectivity index (χ0n) is 18.1. The van der Waals surface area contributed by atoms with Crippen molar-refractivity contribution < 1.29 is 12.6 Å². The lowest BCUT2D eigenvalue weighted by Gasteiger charge is -2.20. The third-order valence-electron chi connectivity index (χ3n) is 4.92. The molecule has 33 heavy (non-hydrogen) atoms. The molecule has 0 aliphatic carbocycles. The van der Waals surface area contributed by atoms with E-state index in [-0.39, 0.29) is 15.3 Å². The topological polar surface area (TPSA) is 101 Å². The van der Waals surface area contributed by atoms with E-state index < -0.39 is 19.7 Å². The first-order valence-corrected chi connectivity index (χ1v) is 14.5. The van der Waals surface area contributed by atoms with Gasteiger partial charge >= 0.3 is 0 Å². The zero-order chi connectivity index (χ0) is 24.0. The van der Waals surface area contributed by atoms with Crippen LogP contribution >= 0.6 is 22.9 Å². The van der Waals surface area contributed by atoms with Gasteiger partial charge in [0.05, 0.1) is 36.9 Å². The largest absolute Gasteiger partial charge is 0.378 e. The Morgan fingerprint density at radius 2 is 1.76 bits per heavy atom. The minimum absolute atomic E-state index is 0.0400. The van der Waals surface area contributed by atoms with E-state index in [1.807, 2.05) is 19.0 Å². The number of hydrogen-bond acceptors (Lipinski definition) is 7. The van der Waals surface area contributed by atoms with Gasteiger partial charge < -0.3 is 9.62 Å². The highest BCUT2D eigenvalue weighted by atomic mass is 32.2. The summed E-state index contributed by atoms with van der Waals surface area (Å²) >= 11 is 2.31. The van der Waals surface area contributed by atoms with Crippen LogP contribution in [0.15, 0.2) is 67.8 Å². The van der Waals surface area contributed by atoms with Crippen LogP contribution in [0.3, 0.4) is 0 Å². The van der Waals surface area contributed by atoms with E-state index in [1.54, 1.807) is 52.8 Å². The molecule has 0 amide bonds. The van der Waals surface area contributed by atoms with Crippen LogP contribution in [-0.4, -0.2) is 36.5 Å². The van der Waals surface area contributed by atoms with E-state index in [9.17, 15) is 17.4 Å². The molecule has 0 spiro atoms. The first kappa shape index (κ1) is 23.4. The Kier molecular flexibility index (Phi) is 6.03. The van der Waals surface area contributed by atoms with Gasteiger partial charge in [0.2, 0.25) is 0 Å². The van der Waals surface area contributed by atoms with Crippen molar-refractivity contribution in [1.29, 1.82) is 0 Å². The molecular weight excluding hydrogens is 501 g/mol. The Morgan fingerprint density at radius 1 is 1.00 bits per heavy atom. The minimum atomic E-state index is -4.03. The minimum Gasteiger partial charge on any atom is -0.378 e. The third kappa shape index (κ3) is 4.64. The van der Waals surface area contributed by atoms with Gasteiger partial charge in [-0.1, -0.05) is 6.07 Å². The van der Waals surface area contributed by atoms with E-state index in [4.69, 9.17) is 0 Å². The molecule has 174 valence electrons. The van der Waals surface area contributed by atoms with Crippen LogP contribution in [0.4, 0.5) is 17.1 Å². The number of aryl methyl sites for hydroxylation is 1. The Bertz CT molecular complexity index is 1600. The number of benzene rings is 2. The number of hydrogen-bond donors (Lipinski definition) is 2. The summed E-state index contributed by atoms with van der Waals surface area (Å²) in [5.74, 6) is 3.82. The van der Waals surface area contributed by atoms with Crippen molar-refractivity contribution >= 4 is 76.4 Å². The maximum Gasteiger partial charge on any atom is 0.261 e. The summed E-state index contributed by atoms with van der Waals surface area (Å²) in [5, 5.41) is 2.14. The highest BCUT2D eigenvalue weighted by Crippen LogP contribution is 2.32. The summed E-state index contributed by atoms with van der Waals surface area (Å²) in [4.78, 5) is 14.0. The highest BCUT2D eigenvalue weighted by Gasteiger charge is 2.20. The molecule has 0 saturated carbocycles. The van der Waals surface area contributed by atoms with Gasteiger partial charge in [-0.05, 0) is 65.2 Å². The van der Waals surface area contributed by atoms with E-state index in [2.05, 4.69) is 15.3 Å².